The molecule has 1 heterocycles. The summed E-state index contributed by atoms with van der Waals surface area (Å²) in [4.78, 5) is 4.10. The van der Waals surface area contributed by atoms with Crippen molar-refractivity contribution in [1.29, 1.82) is 0 Å². The van der Waals surface area contributed by atoms with E-state index in [1.165, 1.54) is 11.1 Å². The Balaban J connectivity index is 1.39. The third kappa shape index (κ3) is 6.72. The van der Waals surface area contributed by atoms with Crippen molar-refractivity contribution in [1.82, 2.24) is 4.98 Å². The van der Waals surface area contributed by atoms with Gasteiger partial charge in [0.2, 0.25) is 0 Å². The molecule has 0 fully saturated rings. The van der Waals surface area contributed by atoms with Gasteiger partial charge in [-0.15, -0.1) is 0 Å². The lowest BCUT2D eigenvalue weighted by Crippen LogP contribution is -2.17. The first-order valence-corrected chi connectivity index (χ1v) is 9.32. The molecule has 27 heavy (non-hydrogen) atoms. The molecule has 3 aromatic rings. The van der Waals surface area contributed by atoms with Crippen molar-refractivity contribution in [3.05, 3.63) is 95.8 Å². The molecule has 0 saturated heterocycles. The van der Waals surface area contributed by atoms with Crippen molar-refractivity contribution in [3.63, 3.8) is 0 Å². The maximum Gasteiger partial charge on any atom is 0.119 e. The molecule has 0 aliphatic carbocycles. The van der Waals surface area contributed by atoms with E-state index in [-0.39, 0.29) is 0 Å². The Morgan fingerprint density at radius 2 is 1.63 bits per heavy atom. The summed E-state index contributed by atoms with van der Waals surface area (Å²) in [6.45, 7) is 0.312. The molecule has 0 bridgehead atoms. The predicted octanol–water partition coefficient (Wildman–Crippen LogP) is 5.01. The van der Waals surface area contributed by atoms with Gasteiger partial charge in [0.15, 0.2) is 0 Å². The van der Waals surface area contributed by atoms with E-state index in [0.717, 1.165) is 24.2 Å². The van der Waals surface area contributed by atoms with E-state index in [9.17, 15) is 5.11 Å². The van der Waals surface area contributed by atoms with Crippen LogP contribution in [0, 0.1) is 0 Å². The van der Waals surface area contributed by atoms with Crippen LogP contribution in [-0.2, 0) is 6.42 Å². The van der Waals surface area contributed by atoms with Crippen molar-refractivity contribution in [2.24, 2.45) is 0 Å². The van der Waals surface area contributed by atoms with E-state index >= 15 is 0 Å². The molecular weight excluding hydrogens is 334 g/mol. The van der Waals surface area contributed by atoms with Crippen LogP contribution >= 0.6 is 0 Å². The number of hydrogen-bond donors (Lipinski definition) is 1. The van der Waals surface area contributed by atoms with Crippen molar-refractivity contribution in [3.8, 4) is 5.75 Å². The van der Waals surface area contributed by atoms with Crippen LogP contribution in [0.5, 0.6) is 5.75 Å². The fourth-order valence-electron chi connectivity index (χ4n) is 2.80. The quantitative estimate of drug-likeness (QED) is 0.546. The summed E-state index contributed by atoms with van der Waals surface area (Å²) in [5.74, 6) is 0.776. The normalized spacial score (nSPS) is 12.2. The third-order valence-corrected chi connectivity index (χ3v) is 4.32. The summed E-state index contributed by atoms with van der Waals surface area (Å²) in [5.41, 5.74) is 3.49. The van der Waals surface area contributed by atoms with Gasteiger partial charge in [0.1, 0.15) is 12.4 Å². The fraction of sp³-hybridized carbons (Fsp3) is 0.208. The summed E-state index contributed by atoms with van der Waals surface area (Å²) in [6, 6.07) is 22.1. The molecule has 0 aliphatic rings. The van der Waals surface area contributed by atoms with Gasteiger partial charge in [0, 0.05) is 12.4 Å². The van der Waals surface area contributed by atoms with E-state index in [1.807, 2.05) is 54.7 Å². The number of aliphatic hydroxyl groups excluding tert-OH is 1. The summed E-state index contributed by atoms with van der Waals surface area (Å²) in [6.07, 6.45) is 9.90. The Kier molecular flexibility index (Phi) is 7.19. The van der Waals surface area contributed by atoms with Crippen LogP contribution in [-0.4, -0.2) is 22.8 Å². The highest BCUT2D eigenvalue weighted by molar-refractivity contribution is 5.69. The van der Waals surface area contributed by atoms with Gasteiger partial charge < -0.3 is 9.84 Å². The zero-order chi connectivity index (χ0) is 18.7. The average Bonchev–Trinajstić information content (AvgIpc) is 2.73. The first-order chi connectivity index (χ1) is 13.3. The molecule has 3 nitrogen and oxygen atoms in total. The standard InChI is InChI=1S/C24H25NO2/c26-23(10-4-8-22-9-5-17-25-18-22)19-27-24-15-13-21(14-16-24)12-11-20-6-2-1-3-7-20/h1-3,5-7,9,11-18,23,26H,4,8,10,19H2/b12-11+. The minimum absolute atomic E-state index is 0.312. The van der Waals surface area contributed by atoms with Crippen molar-refractivity contribution in [2.75, 3.05) is 6.61 Å². The molecule has 2 aromatic carbocycles. The molecule has 0 saturated carbocycles. The van der Waals surface area contributed by atoms with Gasteiger partial charge in [0.25, 0.3) is 0 Å². The first kappa shape index (κ1) is 18.9. The van der Waals surface area contributed by atoms with E-state index < -0.39 is 6.10 Å². The van der Waals surface area contributed by atoms with Gasteiger partial charge in [-0.2, -0.15) is 0 Å². The molecule has 1 unspecified atom stereocenters. The lowest BCUT2D eigenvalue weighted by atomic mass is 10.1. The molecule has 0 aliphatic heterocycles. The number of rotatable bonds is 9. The van der Waals surface area contributed by atoms with Gasteiger partial charge in [-0.25, -0.2) is 0 Å². The first-order valence-electron chi connectivity index (χ1n) is 9.32. The SMILES string of the molecule is OC(CCCc1cccnc1)COc1ccc(/C=C/c2ccccc2)cc1. The minimum Gasteiger partial charge on any atom is -0.491 e. The highest BCUT2D eigenvalue weighted by Gasteiger charge is 2.05. The van der Waals surface area contributed by atoms with Crippen molar-refractivity contribution in [2.45, 2.75) is 25.4 Å². The predicted molar refractivity (Wildman–Crippen MR) is 110 cm³/mol. The van der Waals surface area contributed by atoms with Gasteiger partial charge >= 0.3 is 0 Å². The van der Waals surface area contributed by atoms with Gasteiger partial charge in [-0.1, -0.05) is 60.7 Å². The number of aryl methyl sites for hydroxylation is 1. The van der Waals surface area contributed by atoms with Crippen LogP contribution in [0.2, 0.25) is 0 Å². The summed E-state index contributed by atoms with van der Waals surface area (Å²) in [7, 11) is 0. The summed E-state index contributed by atoms with van der Waals surface area (Å²) < 4.78 is 5.70. The highest BCUT2D eigenvalue weighted by Crippen LogP contribution is 2.15. The molecule has 3 heteroatoms. The Bertz CT molecular complexity index is 814. The van der Waals surface area contributed by atoms with Crippen molar-refractivity contribution < 1.29 is 9.84 Å². The van der Waals surface area contributed by atoms with Crippen LogP contribution in [0.1, 0.15) is 29.5 Å². The van der Waals surface area contributed by atoms with Crippen LogP contribution in [0.3, 0.4) is 0 Å². The molecule has 1 N–H and O–H groups in total. The average molecular weight is 359 g/mol. The Labute approximate surface area is 161 Å². The molecular formula is C24H25NO2. The Morgan fingerprint density at radius 1 is 0.889 bits per heavy atom. The summed E-state index contributed by atoms with van der Waals surface area (Å²) in [5, 5.41) is 10.1. The minimum atomic E-state index is -0.459. The Hall–Kier alpha value is -2.91. The lowest BCUT2D eigenvalue weighted by Gasteiger charge is -2.12. The van der Waals surface area contributed by atoms with Crippen molar-refractivity contribution >= 4 is 12.2 Å². The van der Waals surface area contributed by atoms with E-state index in [0.29, 0.717) is 13.0 Å². The second-order valence-electron chi connectivity index (χ2n) is 6.53. The monoisotopic (exact) mass is 359 g/mol. The summed E-state index contributed by atoms with van der Waals surface area (Å²) >= 11 is 0. The molecule has 138 valence electrons. The van der Waals surface area contributed by atoms with Crippen LogP contribution in [0.25, 0.3) is 12.2 Å². The van der Waals surface area contributed by atoms with E-state index in [1.54, 1.807) is 6.20 Å². The largest absolute Gasteiger partial charge is 0.491 e. The number of hydrogen-bond acceptors (Lipinski definition) is 3. The number of benzene rings is 2. The molecule has 1 aromatic heterocycles. The second kappa shape index (κ2) is 10.3. The third-order valence-electron chi connectivity index (χ3n) is 4.32. The maximum absolute atomic E-state index is 10.1. The number of pyridine rings is 1. The fourth-order valence-corrected chi connectivity index (χ4v) is 2.80. The number of aromatic nitrogens is 1. The number of ether oxygens (including phenoxy) is 1. The molecule has 1 atom stereocenters. The Morgan fingerprint density at radius 3 is 2.33 bits per heavy atom. The van der Waals surface area contributed by atoms with Crippen LogP contribution in [0.4, 0.5) is 0 Å². The zero-order valence-corrected chi connectivity index (χ0v) is 15.4. The molecule has 0 amide bonds. The smallest absolute Gasteiger partial charge is 0.119 e. The maximum atomic E-state index is 10.1. The van der Waals surface area contributed by atoms with Crippen LogP contribution in [0.15, 0.2) is 79.1 Å². The molecule has 0 spiro atoms. The van der Waals surface area contributed by atoms with E-state index in [2.05, 4.69) is 35.3 Å². The van der Waals surface area contributed by atoms with Gasteiger partial charge in [0.05, 0.1) is 6.10 Å². The number of aliphatic hydroxyl groups is 1. The van der Waals surface area contributed by atoms with Gasteiger partial charge in [-0.3, -0.25) is 4.98 Å². The topological polar surface area (TPSA) is 42.4 Å². The zero-order valence-electron chi connectivity index (χ0n) is 15.4. The molecule has 3 rings (SSSR count). The highest BCUT2D eigenvalue weighted by atomic mass is 16.5. The lowest BCUT2D eigenvalue weighted by molar-refractivity contribution is 0.0982. The van der Waals surface area contributed by atoms with E-state index in [4.69, 9.17) is 4.74 Å². The number of nitrogens with zero attached hydrogens (tertiary/aromatic N) is 1. The second-order valence-corrected chi connectivity index (χ2v) is 6.53. The van der Waals surface area contributed by atoms with Crippen LogP contribution < -0.4 is 4.74 Å². The van der Waals surface area contributed by atoms with Gasteiger partial charge in [-0.05, 0) is 54.2 Å². The molecule has 0 radical (unpaired) electrons.